The third kappa shape index (κ3) is 5.68. The van der Waals surface area contributed by atoms with E-state index in [0.29, 0.717) is 25.3 Å². The summed E-state index contributed by atoms with van der Waals surface area (Å²) in [7, 11) is -3.95. The van der Waals surface area contributed by atoms with Gasteiger partial charge in [0.25, 0.3) is 0 Å². The highest BCUT2D eigenvalue weighted by molar-refractivity contribution is 7.89. The van der Waals surface area contributed by atoms with E-state index in [9.17, 15) is 13.2 Å². The highest BCUT2D eigenvalue weighted by Gasteiger charge is 2.15. The molecule has 1 aromatic carbocycles. The molecule has 21 heavy (non-hydrogen) atoms. The monoisotopic (exact) mass is 318 g/mol. The number of rotatable bonds is 9. The number of aromatic carboxylic acids is 1. The number of anilines is 1. The van der Waals surface area contributed by atoms with Crippen LogP contribution >= 0.6 is 0 Å². The van der Waals surface area contributed by atoms with E-state index >= 15 is 0 Å². The van der Waals surface area contributed by atoms with Crippen LogP contribution in [0.5, 0.6) is 0 Å². The van der Waals surface area contributed by atoms with Gasteiger partial charge < -0.3 is 20.3 Å². The van der Waals surface area contributed by atoms with Gasteiger partial charge in [-0.25, -0.2) is 18.4 Å². The van der Waals surface area contributed by atoms with E-state index in [2.05, 4.69) is 5.32 Å². The van der Waals surface area contributed by atoms with E-state index in [-0.39, 0.29) is 23.7 Å². The summed E-state index contributed by atoms with van der Waals surface area (Å²) in [6.45, 7) is 1.07. The molecule has 118 valence electrons. The van der Waals surface area contributed by atoms with Crippen molar-refractivity contribution >= 4 is 21.7 Å². The number of aliphatic hydroxyl groups is 1. The fourth-order valence-electron chi connectivity index (χ4n) is 1.60. The molecule has 0 radical (unpaired) electrons. The van der Waals surface area contributed by atoms with E-state index < -0.39 is 16.0 Å². The summed E-state index contributed by atoms with van der Waals surface area (Å²) >= 11 is 0. The van der Waals surface area contributed by atoms with Crippen LogP contribution in [0.2, 0.25) is 0 Å². The number of aliphatic hydroxyl groups excluding tert-OH is 1. The Morgan fingerprint density at radius 3 is 2.62 bits per heavy atom. The first kappa shape index (κ1) is 17.4. The maximum Gasteiger partial charge on any atom is 0.337 e. The summed E-state index contributed by atoms with van der Waals surface area (Å²) in [5.74, 6) is -1.25. The Balaban J connectivity index is 2.72. The minimum atomic E-state index is -3.95. The molecule has 0 amide bonds. The van der Waals surface area contributed by atoms with Gasteiger partial charge in [-0.2, -0.15) is 0 Å². The SMILES string of the molecule is NS(=O)(=O)c1ccc(NCCCOCCO)c(C(=O)O)c1. The van der Waals surface area contributed by atoms with Gasteiger partial charge in [0.1, 0.15) is 0 Å². The molecular weight excluding hydrogens is 300 g/mol. The van der Waals surface area contributed by atoms with Gasteiger partial charge in [-0.1, -0.05) is 0 Å². The molecular formula is C12H18N2O6S. The Morgan fingerprint density at radius 1 is 1.33 bits per heavy atom. The predicted octanol–water partition coefficient (Wildman–Crippen LogP) is -0.157. The molecule has 0 fully saturated rings. The highest BCUT2D eigenvalue weighted by atomic mass is 32.2. The number of sulfonamides is 1. The predicted molar refractivity (Wildman–Crippen MR) is 75.8 cm³/mol. The van der Waals surface area contributed by atoms with Crippen LogP contribution in [0.1, 0.15) is 16.8 Å². The molecule has 0 unspecified atom stereocenters. The van der Waals surface area contributed by atoms with Crippen molar-refractivity contribution in [1.82, 2.24) is 0 Å². The first-order valence-corrected chi connectivity index (χ1v) is 7.73. The fourth-order valence-corrected chi connectivity index (χ4v) is 2.14. The average molecular weight is 318 g/mol. The lowest BCUT2D eigenvalue weighted by atomic mass is 10.2. The third-order valence-corrected chi connectivity index (χ3v) is 3.48. The van der Waals surface area contributed by atoms with Crippen LogP contribution in [0.15, 0.2) is 23.1 Å². The lowest BCUT2D eigenvalue weighted by Crippen LogP contribution is -2.15. The van der Waals surface area contributed by atoms with Gasteiger partial charge in [-0.3, -0.25) is 0 Å². The van der Waals surface area contributed by atoms with Gasteiger partial charge in [0.05, 0.1) is 23.7 Å². The Kier molecular flexibility index (Phi) is 6.56. The second-order valence-corrected chi connectivity index (χ2v) is 5.74. The second-order valence-electron chi connectivity index (χ2n) is 4.17. The van der Waals surface area contributed by atoms with Gasteiger partial charge in [0.15, 0.2) is 0 Å². The Bertz CT molecular complexity index is 587. The molecule has 1 rings (SSSR count). The largest absolute Gasteiger partial charge is 0.478 e. The normalized spacial score (nSPS) is 11.3. The fraction of sp³-hybridized carbons (Fsp3) is 0.417. The van der Waals surface area contributed by atoms with Crippen molar-refractivity contribution < 1.29 is 28.2 Å². The van der Waals surface area contributed by atoms with Crippen molar-refractivity contribution in [2.75, 3.05) is 31.7 Å². The minimum Gasteiger partial charge on any atom is -0.478 e. The van der Waals surface area contributed by atoms with Crippen molar-refractivity contribution in [3.63, 3.8) is 0 Å². The summed E-state index contributed by atoms with van der Waals surface area (Å²) in [5.41, 5.74) is 0.134. The number of nitrogens with two attached hydrogens (primary N) is 1. The Hall–Kier alpha value is -1.68. The zero-order chi connectivity index (χ0) is 15.9. The zero-order valence-corrected chi connectivity index (χ0v) is 12.1. The van der Waals surface area contributed by atoms with Crippen molar-refractivity contribution in [2.45, 2.75) is 11.3 Å². The second kappa shape index (κ2) is 7.93. The van der Waals surface area contributed by atoms with Crippen LogP contribution < -0.4 is 10.5 Å². The Morgan fingerprint density at radius 2 is 2.05 bits per heavy atom. The van der Waals surface area contributed by atoms with Crippen LogP contribution in [0.25, 0.3) is 0 Å². The molecule has 9 heteroatoms. The van der Waals surface area contributed by atoms with Crippen LogP contribution in [0.3, 0.4) is 0 Å². The number of hydrogen-bond acceptors (Lipinski definition) is 6. The molecule has 0 saturated heterocycles. The third-order valence-electron chi connectivity index (χ3n) is 2.57. The van der Waals surface area contributed by atoms with Crippen LogP contribution in [-0.4, -0.2) is 51.0 Å². The van der Waals surface area contributed by atoms with Gasteiger partial charge in [0.2, 0.25) is 10.0 Å². The van der Waals surface area contributed by atoms with Gasteiger partial charge in [-0.05, 0) is 24.6 Å². The van der Waals surface area contributed by atoms with Crippen molar-refractivity contribution in [3.8, 4) is 0 Å². The molecule has 0 aliphatic carbocycles. The summed E-state index contributed by atoms with van der Waals surface area (Å²) in [4.78, 5) is 10.9. The highest BCUT2D eigenvalue weighted by Crippen LogP contribution is 2.20. The zero-order valence-electron chi connectivity index (χ0n) is 11.3. The maximum atomic E-state index is 11.2. The molecule has 0 aromatic heterocycles. The van der Waals surface area contributed by atoms with Crippen molar-refractivity contribution in [1.29, 1.82) is 0 Å². The van der Waals surface area contributed by atoms with Gasteiger partial charge >= 0.3 is 5.97 Å². The molecule has 0 atom stereocenters. The quantitative estimate of drug-likeness (QED) is 0.464. The van der Waals surface area contributed by atoms with Gasteiger partial charge in [-0.15, -0.1) is 0 Å². The molecule has 0 aliphatic rings. The van der Waals surface area contributed by atoms with Crippen LogP contribution in [0.4, 0.5) is 5.69 Å². The number of hydrogen-bond donors (Lipinski definition) is 4. The summed E-state index contributed by atoms with van der Waals surface area (Å²) < 4.78 is 27.5. The first-order chi connectivity index (χ1) is 9.86. The number of carboxylic acid groups (broad SMARTS) is 1. The standard InChI is InChI=1S/C12H18N2O6S/c13-21(18,19)9-2-3-11(10(8-9)12(16)17)14-4-1-6-20-7-5-15/h2-3,8,14-15H,1,4-7H2,(H,16,17)(H2,13,18,19). The molecule has 8 nitrogen and oxygen atoms in total. The van der Waals surface area contributed by atoms with Crippen LogP contribution in [0, 0.1) is 0 Å². The number of carbonyl (C=O) groups is 1. The average Bonchev–Trinajstić information content (AvgIpc) is 2.41. The number of ether oxygens (including phenoxy) is 1. The lowest BCUT2D eigenvalue weighted by molar-refractivity contribution is 0.0697. The number of benzene rings is 1. The molecule has 0 saturated carbocycles. The van der Waals surface area contributed by atoms with E-state index in [1.807, 2.05) is 0 Å². The molecule has 1 aromatic rings. The smallest absolute Gasteiger partial charge is 0.337 e. The maximum absolute atomic E-state index is 11.2. The van der Waals surface area contributed by atoms with E-state index in [0.717, 1.165) is 6.07 Å². The topological polar surface area (TPSA) is 139 Å². The molecule has 0 aliphatic heterocycles. The summed E-state index contributed by atoms with van der Waals surface area (Å²) in [6, 6.07) is 3.62. The Labute approximate surface area is 122 Å². The minimum absolute atomic E-state index is 0.0500. The number of carboxylic acids is 1. The van der Waals surface area contributed by atoms with E-state index in [1.165, 1.54) is 12.1 Å². The number of nitrogens with one attached hydrogen (secondary N) is 1. The van der Waals surface area contributed by atoms with Crippen molar-refractivity contribution in [3.05, 3.63) is 23.8 Å². The molecule has 0 bridgehead atoms. The first-order valence-electron chi connectivity index (χ1n) is 6.19. The van der Waals surface area contributed by atoms with Gasteiger partial charge in [0, 0.05) is 18.8 Å². The lowest BCUT2D eigenvalue weighted by Gasteiger charge is -2.11. The molecule has 5 N–H and O–H groups in total. The van der Waals surface area contributed by atoms with Crippen LogP contribution in [-0.2, 0) is 14.8 Å². The molecule has 0 heterocycles. The van der Waals surface area contributed by atoms with Crippen molar-refractivity contribution in [2.24, 2.45) is 5.14 Å². The summed E-state index contributed by atoms with van der Waals surface area (Å²) in [5, 5.41) is 25.5. The van der Waals surface area contributed by atoms with E-state index in [4.69, 9.17) is 20.1 Å². The summed E-state index contributed by atoms with van der Waals surface area (Å²) in [6.07, 6.45) is 0.607. The number of primary sulfonamides is 1. The van der Waals surface area contributed by atoms with E-state index in [1.54, 1.807) is 0 Å². The molecule has 0 spiro atoms.